The van der Waals surface area contributed by atoms with Gasteiger partial charge in [-0.25, -0.2) is 0 Å². The van der Waals surface area contributed by atoms with Gasteiger partial charge in [0.2, 0.25) is 0 Å². The third kappa shape index (κ3) is 2.19. The summed E-state index contributed by atoms with van der Waals surface area (Å²) < 4.78 is 1.65. The number of nitrogens with two attached hydrogens (primary N) is 1. The molecule has 0 saturated carbocycles. The van der Waals surface area contributed by atoms with Crippen molar-refractivity contribution in [3.8, 4) is 0 Å². The Labute approximate surface area is 77.8 Å². The van der Waals surface area contributed by atoms with Crippen LogP contribution in [0, 0.1) is 0 Å². The normalized spacial score (nSPS) is 16.1. The zero-order valence-electron chi connectivity index (χ0n) is 8.18. The van der Waals surface area contributed by atoms with Crippen LogP contribution < -0.4 is 5.73 Å². The monoisotopic (exact) mass is 184 g/mol. The summed E-state index contributed by atoms with van der Waals surface area (Å²) in [6.07, 6.45) is 1.10. The van der Waals surface area contributed by atoms with Crippen molar-refractivity contribution in [2.45, 2.75) is 19.2 Å². The molecule has 2 atom stereocenters. The number of anilines is 1. The number of nitrogen functional groups attached to an aromatic ring is 1. The molecule has 1 rings (SSSR count). The van der Waals surface area contributed by atoms with Crippen LogP contribution in [0.4, 0.5) is 5.82 Å². The standard InChI is InChI=1S/C8H16N4O/c1-6(13)8(11(2)3)12-5-4-7(9)10-12/h4-6,8,13H,1-3H3,(H2,9,10). The van der Waals surface area contributed by atoms with Crippen LogP contribution in [0.2, 0.25) is 0 Å². The third-order valence-corrected chi connectivity index (χ3v) is 1.86. The van der Waals surface area contributed by atoms with Gasteiger partial charge >= 0.3 is 0 Å². The van der Waals surface area contributed by atoms with Crippen LogP contribution in [-0.4, -0.2) is 40.0 Å². The summed E-state index contributed by atoms with van der Waals surface area (Å²) in [5.74, 6) is 0.465. The molecule has 0 saturated heterocycles. The van der Waals surface area contributed by atoms with E-state index in [2.05, 4.69) is 5.10 Å². The molecule has 13 heavy (non-hydrogen) atoms. The minimum absolute atomic E-state index is 0.169. The van der Waals surface area contributed by atoms with Gasteiger partial charge in [0, 0.05) is 6.20 Å². The Bertz CT molecular complexity index is 261. The lowest BCUT2D eigenvalue weighted by Crippen LogP contribution is -2.34. The topological polar surface area (TPSA) is 67.3 Å². The first-order chi connectivity index (χ1) is 6.02. The third-order valence-electron chi connectivity index (χ3n) is 1.86. The molecule has 1 aromatic heterocycles. The van der Waals surface area contributed by atoms with Crippen molar-refractivity contribution in [1.82, 2.24) is 14.7 Å². The molecular weight excluding hydrogens is 168 g/mol. The lowest BCUT2D eigenvalue weighted by Gasteiger charge is -2.26. The second-order valence-electron chi connectivity index (χ2n) is 3.34. The molecule has 5 nitrogen and oxygen atoms in total. The number of aliphatic hydroxyl groups is 1. The van der Waals surface area contributed by atoms with E-state index in [9.17, 15) is 5.11 Å². The number of hydrogen-bond acceptors (Lipinski definition) is 4. The first-order valence-electron chi connectivity index (χ1n) is 4.17. The minimum Gasteiger partial charge on any atom is -0.390 e. The van der Waals surface area contributed by atoms with E-state index >= 15 is 0 Å². The molecule has 3 N–H and O–H groups in total. The predicted octanol–water partition coefficient (Wildman–Crippen LogP) is -0.0937. The van der Waals surface area contributed by atoms with E-state index in [1.54, 1.807) is 23.9 Å². The van der Waals surface area contributed by atoms with E-state index < -0.39 is 6.10 Å². The molecule has 0 fully saturated rings. The van der Waals surface area contributed by atoms with Crippen molar-refractivity contribution in [1.29, 1.82) is 0 Å². The highest BCUT2D eigenvalue weighted by atomic mass is 16.3. The van der Waals surface area contributed by atoms with E-state index in [1.165, 1.54) is 0 Å². The number of aliphatic hydroxyl groups excluding tert-OH is 1. The molecule has 1 heterocycles. The van der Waals surface area contributed by atoms with Crippen molar-refractivity contribution in [2.75, 3.05) is 19.8 Å². The first-order valence-corrected chi connectivity index (χ1v) is 4.17. The van der Waals surface area contributed by atoms with Crippen LogP contribution in [0.15, 0.2) is 12.3 Å². The summed E-state index contributed by atoms with van der Waals surface area (Å²) in [5, 5.41) is 13.5. The highest BCUT2D eigenvalue weighted by molar-refractivity contribution is 5.24. The van der Waals surface area contributed by atoms with Crippen molar-refractivity contribution in [3.63, 3.8) is 0 Å². The van der Waals surface area contributed by atoms with Crippen molar-refractivity contribution in [2.24, 2.45) is 0 Å². The highest BCUT2D eigenvalue weighted by Crippen LogP contribution is 2.14. The maximum atomic E-state index is 9.50. The minimum atomic E-state index is -0.491. The molecule has 2 unspecified atom stereocenters. The second-order valence-corrected chi connectivity index (χ2v) is 3.34. The SMILES string of the molecule is CC(O)C(N(C)C)n1ccc(N)n1. The van der Waals surface area contributed by atoms with Gasteiger partial charge in [-0.3, -0.25) is 9.58 Å². The van der Waals surface area contributed by atoms with Gasteiger partial charge in [0.05, 0.1) is 6.10 Å². The average molecular weight is 184 g/mol. The Balaban J connectivity index is 2.88. The quantitative estimate of drug-likeness (QED) is 0.688. The molecule has 0 aliphatic carbocycles. The van der Waals surface area contributed by atoms with Gasteiger partial charge in [0.15, 0.2) is 0 Å². The predicted molar refractivity (Wildman–Crippen MR) is 51.0 cm³/mol. The molecule has 0 spiro atoms. The number of aromatic nitrogens is 2. The molecule has 0 aromatic carbocycles. The lowest BCUT2D eigenvalue weighted by molar-refractivity contribution is 0.0396. The Morgan fingerprint density at radius 3 is 2.54 bits per heavy atom. The summed E-state index contributed by atoms with van der Waals surface area (Å²) in [7, 11) is 3.77. The highest BCUT2D eigenvalue weighted by Gasteiger charge is 2.19. The molecule has 0 aliphatic heterocycles. The summed E-state index contributed by atoms with van der Waals surface area (Å²) >= 11 is 0. The first kappa shape index (κ1) is 10.0. The Hall–Kier alpha value is -1.07. The number of likely N-dealkylation sites (N-methyl/N-ethyl adjacent to an activating group) is 1. The average Bonchev–Trinajstić information content (AvgIpc) is 2.34. The van der Waals surface area contributed by atoms with Gasteiger partial charge in [0.1, 0.15) is 12.0 Å². The summed E-state index contributed by atoms with van der Waals surface area (Å²) in [6.45, 7) is 1.72. The van der Waals surface area contributed by atoms with Crippen LogP contribution in [0.5, 0.6) is 0 Å². The van der Waals surface area contributed by atoms with E-state index in [0.29, 0.717) is 5.82 Å². The molecule has 0 amide bonds. The lowest BCUT2D eigenvalue weighted by atomic mass is 10.3. The van der Waals surface area contributed by atoms with E-state index in [1.807, 2.05) is 19.0 Å². The number of nitrogens with zero attached hydrogens (tertiary/aromatic N) is 3. The van der Waals surface area contributed by atoms with Gasteiger partial charge in [-0.15, -0.1) is 0 Å². The van der Waals surface area contributed by atoms with E-state index in [0.717, 1.165) is 0 Å². The fourth-order valence-corrected chi connectivity index (χ4v) is 1.39. The number of hydrogen-bond donors (Lipinski definition) is 2. The Morgan fingerprint density at radius 1 is 1.62 bits per heavy atom. The van der Waals surface area contributed by atoms with Crippen molar-refractivity contribution in [3.05, 3.63) is 12.3 Å². The summed E-state index contributed by atoms with van der Waals surface area (Å²) in [6, 6.07) is 1.71. The zero-order valence-corrected chi connectivity index (χ0v) is 8.18. The van der Waals surface area contributed by atoms with E-state index in [4.69, 9.17) is 5.73 Å². The van der Waals surface area contributed by atoms with Gasteiger partial charge in [-0.05, 0) is 27.1 Å². The molecule has 0 bridgehead atoms. The molecule has 5 heteroatoms. The maximum Gasteiger partial charge on any atom is 0.145 e. The smallest absolute Gasteiger partial charge is 0.145 e. The fourth-order valence-electron chi connectivity index (χ4n) is 1.39. The molecule has 0 aliphatic rings. The zero-order chi connectivity index (χ0) is 10.0. The van der Waals surface area contributed by atoms with Gasteiger partial charge in [0.25, 0.3) is 0 Å². The van der Waals surface area contributed by atoms with Crippen LogP contribution in [-0.2, 0) is 0 Å². The Morgan fingerprint density at radius 2 is 2.23 bits per heavy atom. The van der Waals surface area contributed by atoms with Gasteiger partial charge in [-0.1, -0.05) is 0 Å². The molecule has 1 aromatic rings. The van der Waals surface area contributed by atoms with Crippen LogP contribution in [0.25, 0.3) is 0 Å². The van der Waals surface area contributed by atoms with Crippen LogP contribution >= 0.6 is 0 Å². The van der Waals surface area contributed by atoms with Crippen LogP contribution in [0.1, 0.15) is 13.1 Å². The largest absolute Gasteiger partial charge is 0.390 e. The molecule has 74 valence electrons. The Kier molecular flexibility index (Phi) is 2.90. The van der Waals surface area contributed by atoms with Gasteiger partial charge in [-0.2, -0.15) is 5.10 Å². The summed E-state index contributed by atoms with van der Waals surface area (Å²) in [4.78, 5) is 1.89. The van der Waals surface area contributed by atoms with Crippen LogP contribution in [0.3, 0.4) is 0 Å². The molecular formula is C8H16N4O. The second kappa shape index (κ2) is 3.76. The maximum absolute atomic E-state index is 9.50. The van der Waals surface area contributed by atoms with Crippen molar-refractivity contribution < 1.29 is 5.11 Å². The fraction of sp³-hybridized carbons (Fsp3) is 0.625. The summed E-state index contributed by atoms with van der Waals surface area (Å²) in [5.41, 5.74) is 5.48. The molecule has 0 radical (unpaired) electrons. The van der Waals surface area contributed by atoms with E-state index in [-0.39, 0.29) is 6.17 Å². The van der Waals surface area contributed by atoms with Gasteiger partial charge < -0.3 is 10.8 Å². The van der Waals surface area contributed by atoms with Crippen molar-refractivity contribution >= 4 is 5.82 Å². The number of rotatable bonds is 3.